The molecule has 156 valence electrons. The molecule has 0 aliphatic rings. The molecule has 7 heteroatoms. The van der Waals surface area contributed by atoms with Gasteiger partial charge < -0.3 is 15.2 Å². The SMILES string of the molecule is CC(C)Cn1cc(C(=O)NCCc2ccccc2F)c(=O)c(C(=O)NC(C)C)c1. The Labute approximate surface area is 170 Å². The van der Waals surface area contributed by atoms with Gasteiger partial charge >= 0.3 is 0 Å². The molecular formula is C22H28FN3O3. The Hall–Kier alpha value is -2.96. The Morgan fingerprint density at radius 1 is 1.03 bits per heavy atom. The predicted molar refractivity (Wildman–Crippen MR) is 111 cm³/mol. The molecule has 2 rings (SSSR count). The second-order valence-corrected chi connectivity index (χ2v) is 7.73. The van der Waals surface area contributed by atoms with Crippen molar-refractivity contribution >= 4 is 11.8 Å². The van der Waals surface area contributed by atoms with E-state index >= 15 is 0 Å². The molecule has 1 heterocycles. The van der Waals surface area contributed by atoms with Crippen molar-refractivity contribution in [3.8, 4) is 0 Å². The standard InChI is InChI=1S/C22H28FN3O3/c1-14(2)11-26-12-17(20(27)18(13-26)22(29)25-15(3)4)21(28)24-10-9-16-7-5-6-8-19(16)23/h5-8,12-15H,9-11H2,1-4H3,(H,24,28)(H,25,29). The molecule has 0 fully saturated rings. The smallest absolute Gasteiger partial charge is 0.256 e. The molecule has 0 spiro atoms. The van der Waals surface area contributed by atoms with Crippen LogP contribution in [0.25, 0.3) is 0 Å². The number of carbonyl (C=O) groups is 2. The van der Waals surface area contributed by atoms with Gasteiger partial charge in [0, 0.05) is 31.5 Å². The number of aromatic nitrogens is 1. The Bertz CT molecular complexity index is 935. The van der Waals surface area contributed by atoms with Gasteiger partial charge in [-0.2, -0.15) is 0 Å². The summed E-state index contributed by atoms with van der Waals surface area (Å²) < 4.78 is 15.4. The maximum absolute atomic E-state index is 13.7. The van der Waals surface area contributed by atoms with Crippen molar-refractivity contribution < 1.29 is 14.0 Å². The van der Waals surface area contributed by atoms with Gasteiger partial charge in [0.2, 0.25) is 5.43 Å². The number of nitrogens with zero attached hydrogens (tertiary/aromatic N) is 1. The minimum absolute atomic E-state index is 0.0684. The molecule has 2 aromatic rings. The highest BCUT2D eigenvalue weighted by Crippen LogP contribution is 2.07. The van der Waals surface area contributed by atoms with Gasteiger partial charge in [0.25, 0.3) is 11.8 Å². The van der Waals surface area contributed by atoms with Crippen molar-refractivity contribution in [3.05, 3.63) is 69.4 Å². The Morgan fingerprint density at radius 3 is 2.24 bits per heavy atom. The van der Waals surface area contributed by atoms with Crippen molar-refractivity contribution in [2.45, 2.75) is 46.7 Å². The van der Waals surface area contributed by atoms with E-state index < -0.39 is 17.2 Å². The fourth-order valence-corrected chi connectivity index (χ4v) is 2.93. The van der Waals surface area contributed by atoms with Gasteiger partial charge in [-0.15, -0.1) is 0 Å². The second-order valence-electron chi connectivity index (χ2n) is 7.73. The van der Waals surface area contributed by atoms with Gasteiger partial charge in [-0.05, 0) is 37.8 Å². The fraction of sp³-hybridized carbons (Fsp3) is 0.409. The topological polar surface area (TPSA) is 80.2 Å². The highest BCUT2D eigenvalue weighted by molar-refractivity contribution is 5.99. The fourth-order valence-electron chi connectivity index (χ4n) is 2.93. The summed E-state index contributed by atoms with van der Waals surface area (Å²) in [6, 6.07) is 6.19. The molecular weight excluding hydrogens is 373 g/mol. The summed E-state index contributed by atoms with van der Waals surface area (Å²) in [6.07, 6.45) is 3.25. The van der Waals surface area contributed by atoms with Crippen LogP contribution >= 0.6 is 0 Å². The van der Waals surface area contributed by atoms with Crippen LogP contribution in [0.3, 0.4) is 0 Å². The van der Waals surface area contributed by atoms with Crippen LogP contribution in [0.1, 0.15) is 54.0 Å². The van der Waals surface area contributed by atoms with Gasteiger partial charge in [0.05, 0.1) is 0 Å². The summed E-state index contributed by atoms with van der Waals surface area (Å²) >= 11 is 0. The van der Waals surface area contributed by atoms with Crippen LogP contribution in [0, 0.1) is 11.7 Å². The summed E-state index contributed by atoms with van der Waals surface area (Å²) in [4.78, 5) is 37.8. The number of pyridine rings is 1. The van der Waals surface area contributed by atoms with Crippen LogP contribution in [0.2, 0.25) is 0 Å². The van der Waals surface area contributed by atoms with E-state index in [9.17, 15) is 18.8 Å². The number of benzene rings is 1. The number of nitrogens with one attached hydrogen (secondary N) is 2. The Morgan fingerprint density at radius 2 is 1.66 bits per heavy atom. The molecule has 2 N–H and O–H groups in total. The van der Waals surface area contributed by atoms with E-state index in [1.54, 1.807) is 36.6 Å². The first-order valence-electron chi connectivity index (χ1n) is 9.75. The van der Waals surface area contributed by atoms with Crippen LogP contribution in [0.4, 0.5) is 4.39 Å². The zero-order valence-electron chi connectivity index (χ0n) is 17.3. The monoisotopic (exact) mass is 401 g/mol. The quantitative estimate of drug-likeness (QED) is 0.714. The number of rotatable bonds is 8. The third kappa shape index (κ3) is 6.27. The number of amides is 2. The summed E-state index contributed by atoms with van der Waals surface area (Å²) in [7, 11) is 0. The van der Waals surface area contributed by atoms with E-state index in [1.807, 2.05) is 13.8 Å². The molecule has 1 aromatic carbocycles. The van der Waals surface area contributed by atoms with Crippen LogP contribution in [-0.2, 0) is 13.0 Å². The van der Waals surface area contributed by atoms with Gasteiger partial charge in [0.15, 0.2) is 0 Å². The first-order chi connectivity index (χ1) is 13.7. The minimum atomic E-state index is -0.619. The van der Waals surface area contributed by atoms with Gasteiger partial charge in [-0.25, -0.2) is 4.39 Å². The van der Waals surface area contributed by atoms with Crippen LogP contribution in [-0.4, -0.2) is 29.0 Å². The third-order valence-electron chi connectivity index (χ3n) is 4.20. The number of halogens is 1. The normalized spacial score (nSPS) is 11.0. The largest absolute Gasteiger partial charge is 0.352 e. The van der Waals surface area contributed by atoms with E-state index in [2.05, 4.69) is 10.6 Å². The average Bonchev–Trinajstić information content (AvgIpc) is 2.63. The molecule has 0 radical (unpaired) electrons. The van der Waals surface area contributed by atoms with E-state index in [0.717, 1.165) is 0 Å². The first kappa shape index (κ1) is 22.3. The lowest BCUT2D eigenvalue weighted by Crippen LogP contribution is -2.38. The lowest BCUT2D eigenvalue weighted by atomic mass is 10.1. The highest BCUT2D eigenvalue weighted by atomic mass is 19.1. The Balaban J connectivity index is 2.24. The maximum atomic E-state index is 13.7. The molecule has 2 amide bonds. The van der Waals surface area contributed by atoms with Gasteiger partial charge in [0.1, 0.15) is 16.9 Å². The zero-order chi connectivity index (χ0) is 21.6. The number of hydrogen-bond acceptors (Lipinski definition) is 3. The van der Waals surface area contributed by atoms with Crippen LogP contribution < -0.4 is 16.1 Å². The van der Waals surface area contributed by atoms with Crippen molar-refractivity contribution in [1.29, 1.82) is 0 Å². The maximum Gasteiger partial charge on any atom is 0.256 e. The zero-order valence-corrected chi connectivity index (χ0v) is 17.3. The molecule has 0 saturated carbocycles. The van der Waals surface area contributed by atoms with E-state index in [1.165, 1.54) is 18.5 Å². The van der Waals surface area contributed by atoms with Crippen LogP contribution in [0.5, 0.6) is 0 Å². The van der Waals surface area contributed by atoms with Crippen molar-refractivity contribution in [1.82, 2.24) is 15.2 Å². The lowest BCUT2D eigenvalue weighted by molar-refractivity contribution is 0.0941. The molecule has 0 aliphatic carbocycles. The van der Waals surface area contributed by atoms with E-state index in [-0.39, 0.29) is 35.4 Å². The van der Waals surface area contributed by atoms with Crippen molar-refractivity contribution in [3.63, 3.8) is 0 Å². The predicted octanol–water partition coefficient (Wildman–Crippen LogP) is 2.75. The van der Waals surface area contributed by atoms with Crippen molar-refractivity contribution in [2.75, 3.05) is 6.54 Å². The van der Waals surface area contributed by atoms with Gasteiger partial charge in [-0.3, -0.25) is 14.4 Å². The summed E-state index contributed by atoms with van der Waals surface area (Å²) in [5.74, 6) is -1.17. The molecule has 0 unspecified atom stereocenters. The Kier molecular flexibility index (Phi) is 7.70. The number of hydrogen-bond donors (Lipinski definition) is 2. The molecule has 0 saturated heterocycles. The number of carbonyl (C=O) groups excluding carboxylic acids is 2. The average molecular weight is 401 g/mol. The molecule has 0 bridgehead atoms. The highest BCUT2D eigenvalue weighted by Gasteiger charge is 2.20. The molecule has 0 aliphatic heterocycles. The molecule has 1 aromatic heterocycles. The van der Waals surface area contributed by atoms with Crippen molar-refractivity contribution in [2.24, 2.45) is 5.92 Å². The van der Waals surface area contributed by atoms with Crippen LogP contribution in [0.15, 0.2) is 41.5 Å². The minimum Gasteiger partial charge on any atom is -0.352 e. The summed E-state index contributed by atoms with van der Waals surface area (Å²) in [5, 5.41) is 5.34. The summed E-state index contributed by atoms with van der Waals surface area (Å²) in [5.41, 5.74) is -0.307. The van der Waals surface area contributed by atoms with E-state index in [4.69, 9.17) is 0 Å². The molecule has 29 heavy (non-hydrogen) atoms. The van der Waals surface area contributed by atoms with Gasteiger partial charge in [-0.1, -0.05) is 32.0 Å². The second kappa shape index (κ2) is 10.0. The third-order valence-corrected chi connectivity index (χ3v) is 4.20. The lowest BCUT2D eigenvalue weighted by Gasteiger charge is -2.15. The molecule has 6 nitrogen and oxygen atoms in total. The summed E-state index contributed by atoms with van der Waals surface area (Å²) in [6.45, 7) is 8.32. The molecule has 0 atom stereocenters. The first-order valence-corrected chi connectivity index (χ1v) is 9.75. The van der Waals surface area contributed by atoms with E-state index in [0.29, 0.717) is 18.5 Å².